The first-order valence-electron chi connectivity index (χ1n) is 11.6. The fourth-order valence-electron chi connectivity index (χ4n) is 4.97. The molecule has 2 fully saturated rings. The average molecular weight is 462 g/mol. The first kappa shape index (κ1) is 21.3. The van der Waals surface area contributed by atoms with Gasteiger partial charge in [0.25, 0.3) is 0 Å². The van der Waals surface area contributed by atoms with Crippen LogP contribution in [0.3, 0.4) is 0 Å². The number of nitrogens with zero attached hydrogens (tertiary/aromatic N) is 4. The number of aliphatic hydroxyl groups excluding tert-OH is 1. The predicted molar refractivity (Wildman–Crippen MR) is 126 cm³/mol. The quantitative estimate of drug-likeness (QED) is 0.408. The van der Waals surface area contributed by atoms with Crippen molar-refractivity contribution in [3.8, 4) is 17.0 Å². The van der Waals surface area contributed by atoms with Gasteiger partial charge in [-0.2, -0.15) is 0 Å². The lowest BCUT2D eigenvalue weighted by atomic mass is 9.90. The maximum atomic E-state index is 11.3. The van der Waals surface area contributed by atoms with Gasteiger partial charge < -0.3 is 24.4 Å². The van der Waals surface area contributed by atoms with Crippen LogP contribution in [0.2, 0.25) is 0 Å². The summed E-state index contributed by atoms with van der Waals surface area (Å²) in [7, 11) is 0. The number of β-amino-alcohol motifs (C(OH)–C–C–N with tert-alkyl or cyclic N) is 1. The van der Waals surface area contributed by atoms with Crippen LogP contribution in [0.15, 0.2) is 42.7 Å². The maximum absolute atomic E-state index is 11.3. The molecule has 0 bridgehead atoms. The number of fused-ring (bicyclic) bond motifs is 3. The third-order valence-corrected chi connectivity index (χ3v) is 6.80. The number of nitrogens with one attached hydrogen (secondary N) is 1. The van der Waals surface area contributed by atoms with E-state index in [4.69, 9.17) is 14.5 Å². The summed E-state index contributed by atoms with van der Waals surface area (Å²) in [6, 6.07) is 9.74. The van der Waals surface area contributed by atoms with Crippen molar-refractivity contribution in [1.82, 2.24) is 24.3 Å². The summed E-state index contributed by atoms with van der Waals surface area (Å²) in [5, 5.41) is 10.4. The summed E-state index contributed by atoms with van der Waals surface area (Å²) in [6.45, 7) is 4.94. The number of aromatic amines is 1. The fourth-order valence-corrected chi connectivity index (χ4v) is 4.97. The van der Waals surface area contributed by atoms with E-state index in [1.54, 1.807) is 0 Å². The molecule has 9 nitrogen and oxygen atoms in total. The van der Waals surface area contributed by atoms with Crippen molar-refractivity contribution in [2.24, 2.45) is 5.41 Å². The zero-order chi connectivity index (χ0) is 23.3. The van der Waals surface area contributed by atoms with Crippen molar-refractivity contribution >= 4 is 23.0 Å². The van der Waals surface area contributed by atoms with Crippen LogP contribution in [0.1, 0.15) is 25.2 Å². The number of benzene rings is 1. The molecule has 2 aliphatic rings. The minimum absolute atomic E-state index is 0.0838. The van der Waals surface area contributed by atoms with Crippen LogP contribution in [-0.2, 0) is 9.53 Å². The predicted octanol–water partition coefficient (Wildman–Crippen LogP) is 2.60. The normalized spacial score (nSPS) is 22.3. The van der Waals surface area contributed by atoms with Gasteiger partial charge in [-0.1, -0.05) is 6.92 Å². The highest BCUT2D eigenvalue weighted by molar-refractivity contribution is 5.84. The molecule has 0 saturated carbocycles. The third-order valence-electron chi connectivity index (χ3n) is 6.80. The second-order valence-corrected chi connectivity index (χ2v) is 9.65. The molecule has 4 aromatic rings. The number of hydrogen-bond donors (Lipinski definition) is 2. The van der Waals surface area contributed by atoms with Crippen LogP contribution in [0, 0.1) is 5.41 Å². The Morgan fingerprint density at radius 1 is 1.26 bits per heavy atom. The SMILES string of the molecule is CC1(COc2ccc(-c3nc([C@H]4C[C@@H](O)CN4CC=O)n4c3cnc3[nH]ccc34)cc2)COC1. The molecule has 0 radical (unpaired) electrons. The first-order chi connectivity index (χ1) is 16.5. The van der Waals surface area contributed by atoms with Gasteiger partial charge in [-0.15, -0.1) is 0 Å². The number of aromatic nitrogens is 4. The second-order valence-electron chi connectivity index (χ2n) is 9.65. The summed E-state index contributed by atoms with van der Waals surface area (Å²) < 4.78 is 13.4. The number of ether oxygens (including phenoxy) is 2. The highest BCUT2D eigenvalue weighted by Gasteiger charge is 2.36. The number of carbonyl (C=O) groups excluding carboxylic acids is 1. The Hall–Kier alpha value is -3.27. The molecular weight excluding hydrogens is 434 g/mol. The second kappa shape index (κ2) is 8.19. The van der Waals surface area contributed by atoms with E-state index in [-0.39, 0.29) is 18.0 Å². The molecule has 2 N–H and O–H groups in total. The van der Waals surface area contributed by atoms with Gasteiger partial charge in [0.15, 0.2) is 5.65 Å². The Bertz CT molecular complexity index is 1340. The van der Waals surface area contributed by atoms with Crippen LogP contribution in [-0.4, -0.2) is 74.7 Å². The van der Waals surface area contributed by atoms with Gasteiger partial charge in [-0.25, -0.2) is 9.97 Å². The number of aldehydes is 1. The number of hydrogen-bond acceptors (Lipinski definition) is 7. The smallest absolute Gasteiger partial charge is 0.154 e. The minimum atomic E-state index is -0.497. The molecule has 3 aromatic heterocycles. The number of likely N-dealkylation sites (tertiary alicyclic amines) is 1. The lowest BCUT2D eigenvalue weighted by Crippen LogP contribution is -2.44. The third kappa shape index (κ3) is 3.56. The van der Waals surface area contributed by atoms with E-state index in [1.807, 2.05) is 47.6 Å². The Morgan fingerprint density at radius 3 is 2.82 bits per heavy atom. The van der Waals surface area contributed by atoms with Crippen LogP contribution < -0.4 is 4.74 Å². The zero-order valence-electron chi connectivity index (χ0n) is 19.0. The van der Waals surface area contributed by atoms with Crippen LogP contribution >= 0.6 is 0 Å². The van der Waals surface area contributed by atoms with Gasteiger partial charge in [0, 0.05) is 23.7 Å². The van der Waals surface area contributed by atoms with Crippen molar-refractivity contribution in [3.63, 3.8) is 0 Å². The van der Waals surface area contributed by atoms with E-state index < -0.39 is 6.10 Å². The van der Waals surface area contributed by atoms with Crippen LogP contribution in [0.5, 0.6) is 5.75 Å². The van der Waals surface area contributed by atoms with Gasteiger partial charge in [0.1, 0.15) is 17.9 Å². The molecular formula is C25H27N5O4. The summed E-state index contributed by atoms with van der Waals surface area (Å²) >= 11 is 0. The van der Waals surface area contributed by atoms with Gasteiger partial charge >= 0.3 is 0 Å². The number of rotatable bonds is 7. The summed E-state index contributed by atoms with van der Waals surface area (Å²) in [5.41, 5.74) is 4.39. The molecule has 0 unspecified atom stereocenters. The molecule has 1 aromatic carbocycles. The van der Waals surface area contributed by atoms with E-state index in [1.165, 1.54) is 0 Å². The topological polar surface area (TPSA) is 105 Å². The number of carbonyl (C=O) groups is 1. The highest BCUT2D eigenvalue weighted by Crippen LogP contribution is 2.37. The molecule has 0 spiro atoms. The largest absolute Gasteiger partial charge is 0.493 e. The molecule has 2 aliphatic heterocycles. The van der Waals surface area contributed by atoms with E-state index in [0.29, 0.717) is 19.6 Å². The Balaban J connectivity index is 1.40. The minimum Gasteiger partial charge on any atom is -0.493 e. The highest BCUT2D eigenvalue weighted by atomic mass is 16.5. The Kier molecular flexibility index (Phi) is 5.13. The van der Waals surface area contributed by atoms with Crippen molar-refractivity contribution in [2.45, 2.75) is 25.5 Å². The molecule has 34 heavy (non-hydrogen) atoms. The van der Waals surface area contributed by atoms with Crippen molar-refractivity contribution in [3.05, 3.63) is 48.5 Å². The maximum Gasteiger partial charge on any atom is 0.154 e. The number of aliphatic hydroxyl groups is 1. The lowest BCUT2D eigenvalue weighted by Gasteiger charge is -2.37. The van der Waals surface area contributed by atoms with E-state index >= 15 is 0 Å². The fraction of sp³-hybridized carbons (Fsp3) is 0.400. The van der Waals surface area contributed by atoms with Gasteiger partial charge in [-0.05, 0) is 36.8 Å². The summed E-state index contributed by atoms with van der Waals surface area (Å²) in [5.74, 6) is 1.61. The van der Waals surface area contributed by atoms with E-state index in [9.17, 15) is 9.90 Å². The molecule has 2 atom stereocenters. The molecule has 0 aliphatic carbocycles. The van der Waals surface area contributed by atoms with E-state index in [0.717, 1.165) is 59.0 Å². The average Bonchev–Trinajstić information content (AvgIpc) is 3.53. The van der Waals surface area contributed by atoms with Crippen LogP contribution in [0.25, 0.3) is 27.9 Å². The Labute approximate surface area is 196 Å². The molecule has 176 valence electrons. The van der Waals surface area contributed by atoms with Crippen molar-refractivity contribution in [2.75, 3.05) is 32.9 Å². The molecule has 2 saturated heterocycles. The summed E-state index contributed by atoms with van der Waals surface area (Å²) in [4.78, 5) is 26.1. The lowest BCUT2D eigenvalue weighted by molar-refractivity contribution is -0.120. The number of imidazole rings is 1. The standard InChI is InChI=1S/C25H27N5O4/c1-25(13-33-14-25)15-34-18-4-2-16(3-5-18)22-21-11-27-23-19(6-7-26-23)30(21)24(28-22)20-10-17(32)12-29(20)8-9-31/h2-7,9,11,17,20,26,32H,8,10,12-15H2,1H3/t17-,20-/m1/s1. The Morgan fingerprint density at radius 2 is 2.09 bits per heavy atom. The van der Waals surface area contributed by atoms with Crippen molar-refractivity contribution in [1.29, 1.82) is 0 Å². The zero-order valence-corrected chi connectivity index (χ0v) is 19.0. The van der Waals surface area contributed by atoms with Gasteiger partial charge in [-0.3, -0.25) is 9.30 Å². The molecule has 5 heterocycles. The molecule has 0 amide bonds. The molecule has 6 rings (SSSR count). The van der Waals surface area contributed by atoms with Gasteiger partial charge in [0.2, 0.25) is 0 Å². The number of H-pyrrole nitrogens is 1. The monoisotopic (exact) mass is 461 g/mol. The van der Waals surface area contributed by atoms with E-state index in [2.05, 4.69) is 21.3 Å². The van der Waals surface area contributed by atoms with Crippen LogP contribution in [0.4, 0.5) is 0 Å². The molecule has 9 heteroatoms. The summed E-state index contributed by atoms with van der Waals surface area (Å²) in [6.07, 6.45) is 4.58. The van der Waals surface area contributed by atoms with Gasteiger partial charge in [0.05, 0.1) is 61.4 Å². The first-order valence-corrected chi connectivity index (χ1v) is 11.6. The van der Waals surface area contributed by atoms with Crippen molar-refractivity contribution < 1.29 is 19.4 Å².